The lowest BCUT2D eigenvalue weighted by Gasteiger charge is -2.36. The highest BCUT2D eigenvalue weighted by molar-refractivity contribution is 5.35. The third kappa shape index (κ3) is 2.61. The van der Waals surface area contributed by atoms with Gasteiger partial charge in [-0.05, 0) is 61.1 Å². The zero-order chi connectivity index (χ0) is 13.3. The fraction of sp³-hybridized carbons (Fsp3) is 0.647. The molecule has 1 aliphatic rings. The van der Waals surface area contributed by atoms with Crippen molar-refractivity contribution < 1.29 is 0 Å². The molecule has 0 bridgehead atoms. The van der Waals surface area contributed by atoms with Crippen LogP contribution < -0.4 is 5.73 Å². The summed E-state index contributed by atoms with van der Waals surface area (Å²) in [7, 11) is 0. The lowest BCUT2D eigenvalue weighted by Crippen LogP contribution is -2.30. The third-order valence-corrected chi connectivity index (χ3v) is 5.15. The van der Waals surface area contributed by atoms with Crippen LogP contribution in [0.15, 0.2) is 18.2 Å². The molecule has 4 atom stereocenters. The van der Waals surface area contributed by atoms with Crippen LogP contribution in [0.4, 0.5) is 0 Å². The lowest BCUT2D eigenvalue weighted by atomic mass is 9.72. The van der Waals surface area contributed by atoms with E-state index in [2.05, 4.69) is 45.9 Å². The van der Waals surface area contributed by atoms with Gasteiger partial charge in [0.1, 0.15) is 0 Å². The molecule has 0 aliphatic heterocycles. The molecule has 1 aromatic rings. The SMILES string of the molecule is Cc1cccc(C(N)C2CCC(C)C(C)C2)c1C. The van der Waals surface area contributed by atoms with Crippen LogP contribution >= 0.6 is 0 Å². The van der Waals surface area contributed by atoms with Crippen LogP contribution in [0.5, 0.6) is 0 Å². The first-order chi connectivity index (χ1) is 8.50. The molecule has 4 unspecified atom stereocenters. The molecule has 0 aromatic heterocycles. The predicted octanol–water partition coefficient (Wildman–Crippen LogP) is 4.38. The van der Waals surface area contributed by atoms with Gasteiger partial charge in [-0.2, -0.15) is 0 Å². The van der Waals surface area contributed by atoms with E-state index in [1.165, 1.54) is 36.0 Å². The molecule has 1 aliphatic carbocycles. The van der Waals surface area contributed by atoms with Gasteiger partial charge in [0.15, 0.2) is 0 Å². The summed E-state index contributed by atoms with van der Waals surface area (Å²) in [4.78, 5) is 0. The first-order valence-electron chi connectivity index (χ1n) is 7.32. The molecule has 0 radical (unpaired) electrons. The topological polar surface area (TPSA) is 26.0 Å². The molecule has 2 N–H and O–H groups in total. The average molecular weight is 245 g/mol. The molecule has 18 heavy (non-hydrogen) atoms. The van der Waals surface area contributed by atoms with Crippen LogP contribution in [0.25, 0.3) is 0 Å². The van der Waals surface area contributed by atoms with Gasteiger partial charge in [0.25, 0.3) is 0 Å². The van der Waals surface area contributed by atoms with E-state index >= 15 is 0 Å². The largest absolute Gasteiger partial charge is 0.324 e. The first-order valence-corrected chi connectivity index (χ1v) is 7.32. The number of aryl methyl sites for hydroxylation is 1. The Kier molecular flexibility index (Phi) is 4.11. The summed E-state index contributed by atoms with van der Waals surface area (Å²) in [5, 5.41) is 0. The monoisotopic (exact) mass is 245 g/mol. The van der Waals surface area contributed by atoms with Crippen LogP contribution in [0.1, 0.15) is 55.8 Å². The summed E-state index contributed by atoms with van der Waals surface area (Å²) in [6.45, 7) is 9.15. The summed E-state index contributed by atoms with van der Waals surface area (Å²) in [6.07, 6.45) is 3.92. The molecule has 2 rings (SSSR count). The molecule has 0 spiro atoms. The molecular weight excluding hydrogens is 218 g/mol. The summed E-state index contributed by atoms with van der Waals surface area (Å²) in [5.41, 5.74) is 10.7. The van der Waals surface area contributed by atoms with Crippen molar-refractivity contribution in [2.75, 3.05) is 0 Å². The van der Waals surface area contributed by atoms with Crippen molar-refractivity contribution in [2.24, 2.45) is 23.5 Å². The quantitative estimate of drug-likeness (QED) is 0.822. The van der Waals surface area contributed by atoms with E-state index in [-0.39, 0.29) is 6.04 Å². The van der Waals surface area contributed by atoms with Crippen molar-refractivity contribution in [3.8, 4) is 0 Å². The third-order valence-electron chi connectivity index (χ3n) is 5.15. The normalized spacial score (nSPS) is 30.2. The summed E-state index contributed by atoms with van der Waals surface area (Å²) >= 11 is 0. The maximum absolute atomic E-state index is 6.55. The highest BCUT2D eigenvalue weighted by Crippen LogP contribution is 2.39. The van der Waals surface area contributed by atoms with Crippen LogP contribution in [0.2, 0.25) is 0 Å². The van der Waals surface area contributed by atoms with Crippen LogP contribution in [-0.2, 0) is 0 Å². The minimum atomic E-state index is 0.222. The fourth-order valence-electron chi connectivity index (χ4n) is 3.30. The average Bonchev–Trinajstić information content (AvgIpc) is 2.35. The van der Waals surface area contributed by atoms with E-state index < -0.39 is 0 Å². The minimum Gasteiger partial charge on any atom is -0.324 e. The highest BCUT2D eigenvalue weighted by atomic mass is 14.7. The number of rotatable bonds is 2. The van der Waals surface area contributed by atoms with Gasteiger partial charge < -0.3 is 5.73 Å². The summed E-state index contributed by atoms with van der Waals surface area (Å²) in [6, 6.07) is 6.76. The van der Waals surface area contributed by atoms with Gasteiger partial charge in [-0.15, -0.1) is 0 Å². The van der Waals surface area contributed by atoms with Gasteiger partial charge in [0, 0.05) is 6.04 Å². The fourth-order valence-corrected chi connectivity index (χ4v) is 3.30. The molecule has 1 nitrogen and oxygen atoms in total. The van der Waals surface area contributed by atoms with Crippen molar-refractivity contribution in [1.82, 2.24) is 0 Å². The van der Waals surface area contributed by atoms with E-state index in [9.17, 15) is 0 Å². The van der Waals surface area contributed by atoms with E-state index in [4.69, 9.17) is 5.73 Å². The van der Waals surface area contributed by atoms with Crippen LogP contribution in [0.3, 0.4) is 0 Å². The minimum absolute atomic E-state index is 0.222. The number of benzene rings is 1. The number of nitrogens with two attached hydrogens (primary N) is 1. The maximum Gasteiger partial charge on any atom is 0.0326 e. The number of hydrogen-bond donors (Lipinski definition) is 1. The Morgan fingerprint density at radius 1 is 1.11 bits per heavy atom. The van der Waals surface area contributed by atoms with Crippen molar-refractivity contribution in [1.29, 1.82) is 0 Å². The Bertz CT molecular complexity index is 410. The Morgan fingerprint density at radius 3 is 2.50 bits per heavy atom. The molecule has 1 aromatic carbocycles. The van der Waals surface area contributed by atoms with Gasteiger partial charge in [-0.1, -0.05) is 38.5 Å². The van der Waals surface area contributed by atoms with Crippen molar-refractivity contribution in [3.05, 3.63) is 34.9 Å². The second-order valence-electron chi connectivity index (χ2n) is 6.34. The van der Waals surface area contributed by atoms with E-state index in [1.54, 1.807) is 0 Å². The Labute approximate surface area is 112 Å². The van der Waals surface area contributed by atoms with Crippen molar-refractivity contribution in [2.45, 2.75) is 53.0 Å². The zero-order valence-corrected chi connectivity index (χ0v) is 12.2. The van der Waals surface area contributed by atoms with Gasteiger partial charge in [0.2, 0.25) is 0 Å². The molecule has 1 heteroatoms. The van der Waals surface area contributed by atoms with Crippen LogP contribution in [-0.4, -0.2) is 0 Å². The standard InChI is InChI=1S/C17H27N/c1-11-8-9-15(10-13(11)3)17(18)16-7-5-6-12(2)14(16)4/h5-7,11,13,15,17H,8-10,18H2,1-4H3. The highest BCUT2D eigenvalue weighted by Gasteiger charge is 2.29. The Balaban J connectivity index is 2.16. The molecule has 0 saturated heterocycles. The first kappa shape index (κ1) is 13.6. The van der Waals surface area contributed by atoms with Gasteiger partial charge >= 0.3 is 0 Å². The van der Waals surface area contributed by atoms with Crippen molar-refractivity contribution >= 4 is 0 Å². The van der Waals surface area contributed by atoms with E-state index in [1.807, 2.05) is 0 Å². The second-order valence-corrected chi connectivity index (χ2v) is 6.34. The van der Waals surface area contributed by atoms with E-state index in [0.717, 1.165) is 11.8 Å². The van der Waals surface area contributed by atoms with Gasteiger partial charge in [-0.25, -0.2) is 0 Å². The molecular formula is C17H27N. The summed E-state index contributed by atoms with van der Waals surface area (Å²) in [5.74, 6) is 2.35. The zero-order valence-electron chi connectivity index (χ0n) is 12.2. The molecule has 100 valence electrons. The van der Waals surface area contributed by atoms with Gasteiger partial charge in [0.05, 0.1) is 0 Å². The Hall–Kier alpha value is -0.820. The Morgan fingerprint density at radius 2 is 1.83 bits per heavy atom. The molecule has 0 amide bonds. The second kappa shape index (κ2) is 5.44. The van der Waals surface area contributed by atoms with Crippen LogP contribution in [0, 0.1) is 31.6 Å². The maximum atomic E-state index is 6.55. The molecule has 0 heterocycles. The van der Waals surface area contributed by atoms with Gasteiger partial charge in [-0.3, -0.25) is 0 Å². The lowest BCUT2D eigenvalue weighted by molar-refractivity contribution is 0.186. The van der Waals surface area contributed by atoms with E-state index in [0.29, 0.717) is 5.92 Å². The summed E-state index contributed by atoms with van der Waals surface area (Å²) < 4.78 is 0. The molecule has 1 saturated carbocycles. The molecule has 1 fully saturated rings. The number of hydrogen-bond acceptors (Lipinski definition) is 1. The van der Waals surface area contributed by atoms with Crippen molar-refractivity contribution in [3.63, 3.8) is 0 Å². The smallest absolute Gasteiger partial charge is 0.0326 e. The predicted molar refractivity (Wildman–Crippen MR) is 78.5 cm³/mol.